The van der Waals surface area contributed by atoms with E-state index in [2.05, 4.69) is 33.4 Å². The van der Waals surface area contributed by atoms with Crippen molar-refractivity contribution >= 4 is 50.9 Å². The van der Waals surface area contributed by atoms with Crippen LogP contribution < -0.4 is 5.32 Å². The minimum Gasteiger partial charge on any atom is -0.324 e. The third kappa shape index (κ3) is 2.31. The topological polar surface area (TPSA) is 66.5 Å². The largest absolute Gasteiger partial charge is 0.324 e. The smallest absolute Gasteiger partial charge is 0.244 e. The Labute approximate surface area is 163 Å². The van der Waals surface area contributed by atoms with Gasteiger partial charge in [0, 0.05) is 10.2 Å². The van der Waals surface area contributed by atoms with Crippen molar-refractivity contribution in [3.8, 4) is 0 Å². The summed E-state index contributed by atoms with van der Waals surface area (Å²) in [6, 6.07) is 5.06. The van der Waals surface area contributed by atoms with Gasteiger partial charge in [-0.1, -0.05) is 23.8 Å². The molecule has 3 fully saturated rings. The standard InChI is InChI=1S/C19H16BrClN2O3/c20-13-4-1-8(5-14(13)21)22-15(24)7-23-18(25)16-9-2-3-10(12-6-11(9)12)17(16)19(23)26/h1-5,9-12,16-17H,6-7H2,(H,22,24). The summed E-state index contributed by atoms with van der Waals surface area (Å²) in [5.74, 6) is 0.155. The third-order valence-corrected chi connectivity index (χ3v) is 7.49. The second-order valence-electron chi connectivity index (χ2n) is 7.59. The Hall–Kier alpha value is -1.66. The number of hydrogen-bond donors (Lipinski definition) is 1. The number of benzene rings is 1. The maximum absolute atomic E-state index is 12.9. The Morgan fingerprint density at radius 2 is 1.77 bits per heavy atom. The summed E-state index contributed by atoms with van der Waals surface area (Å²) in [6.07, 6.45) is 5.37. The predicted octanol–water partition coefficient (Wildman–Crippen LogP) is 3.09. The molecule has 6 rings (SSSR count). The average molecular weight is 436 g/mol. The molecule has 6 atom stereocenters. The molecule has 134 valence electrons. The molecule has 0 aromatic heterocycles. The number of amides is 3. The number of halogens is 2. The van der Waals surface area contributed by atoms with Crippen LogP contribution in [0.5, 0.6) is 0 Å². The highest BCUT2D eigenvalue weighted by atomic mass is 79.9. The van der Waals surface area contributed by atoms with Crippen LogP contribution in [0.2, 0.25) is 5.02 Å². The van der Waals surface area contributed by atoms with Crippen molar-refractivity contribution in [2.24, 2.45) is 35.5 Å². The number of carbonyl (C=O) groups is 3. The monoisotopic (exact) mass is 434 g/mol. The summed E-state index contributed by atoms with van der Waals surface area (Å²) in [7, 11) is 0. The average Bonchev–Trinajstić information content (AvgIpc) is 3.39. The lowest BCUT2D eigenvalue weighted by Gasteiger charge is -2.37. The van der Waals surface area contributed by atoms with Crippen molar-refractivity contribution < 1.29 is 14.4 Å². The molecule has 0 spiro atoms. The quantitative estimate of drug-likeness (QED) is 0.586. The highest BCUT2D eigenvalue weighted by molar-refractivity contribution is 9.10. The van der Waals surface area contributed by atoms with Crippen molar-refractivity contribution in [3.05, 3.63) is 39.8 Å². The Bertz CT molecular complexity index is 850. The number of imide groups is 1. The Kier molecular flexibility index (Phi) is 3.60. The van der Waals surface area contributed by atoms with E-state index in [4.69, 9.17) is 11.6 Å². The molecule has 2 saturated carbocycles. The van der Waals surface area contributed by atoms with Gasteiger partial charge < -0.3 is 5.32 Å². The van der Waals surface area contributed by atoms with Gasteiger partial charge in [0.25, 0.3) is 0 Å². The van der Waals surface area contributed by atoms with E-state index in [9.17, 15) is 14.4 Å². The van der Waals surface area contributed by atoms with E-state index in [1.165, 1.54) is 0 Å². The van der Waals surface area contributed by atoms with Gasteiger partial charge in [-0.2, -0.15) is 0 Å². The maximum Gasteiger partial charge on any atom is 0.244 e. The van der Waals surface area contributed by atoms with Gasteiger partial charge in [-0.3, -0.25) is 19.3 Å². The summed E-state index contributed by atoms with van der Waals surface area (Å²) < 4.78 is 0.729. The van der Waals surface area contributed by atoms with Gasteiger partial charge in [0.15, 0.2) is 0 Å². The number of nitrogens with one attached hydrogen (secondary N) is 1. The molecule has 26 heavy (non-hydrogen) atoms. The normalized spacial score (nSPS) is 36.2. The molecule has 4 aliphatic carbocycles. The van der Waals surface area contributed by atoms with Crippen LogP contribution in [0.3, 0.4) is 0 Å². The highest BCUT2D eigenvalue weighted by Gasteiger charge is 2.67. The molecule has 6 unspecified atom stereocenters. The summed E-state index contributed by atoms with van der Waals surface area (Å²) in [5, 5.41) is 3.18. The Morgan fingerprint density at radius 1 is 1.15 bits per heavy atom. The lowest BCUT2D eigenvalue weighted by atomic mass is 9.63. The lowest BCUT2D eigenvalue weighted by molar-refractivity contribution is -0.142. The van der Waals surface area contributed by atoms with Crippen molar-refractivity contribution in [3.63, 3.8) is 0 Å². The second kappa shape index (κ2) is 5.67. The molecule has 0 radical (unpaired) electrons. The van der Waals surface area contributed by atoms with Crippen molar-refractivity contribution in [1.82, 2.24) is 4.90 Å². The first-order valence-electron chi connectivity index (χ1n) is 8.74. The summed E-state index contributed by atoms with van der Waals surface area (Å²) >= 11 is 9.32. The first-order valence-corrected chi connectivity index (χ1v) is 9.91. The highest BCUT2D eigenvalue weighted by Crippen LogP contribution is 2.65. The fourth-order valence-corrected chi connectivity index (χ4v) is 5.52. The lowest BCUT2D eigenvalue weighted by Crippen LogP contribution is -2.40. The van der Waals surface area contributed by atoms with Gasteiger partial charge in [0.05, 0.1) is 16.9 Å². The molecule has 1 aliphatic heterocycles. The summed E-state index contributed by atoms with van der Waals surface area (Å²) in [6.45, 7) is -0.243. The molecule has 1 heterocycles. The van der Waals surface area contributed by atoms with E-state index in [1.54, 1.807) is 18.2 Å². The van der Waals surface area contributed by atoms with E-state index in [1.807, 2.05) is 0 Å². The Balaban J connectivity index is 1.32. The summed E-state index contributed by atoms with van der Waals surface area (Å²) in [4.78, 5) is 39.3. The fraction of sp³-hybridized carbons (Fsp3) is 0.421. The molecule has 7 heteroatoms. The Morgan fingerprint density at radius 3 is 2.35 bits per heavy atom. The van der Waals surface area contributed by atoms with Crippen molar-refractivity contribution in [2.75, 3.05) is 11.9 Å². The van der Waals surface area contributed by atoms with Crippen LogP contribution >= 0.6 is 27.5 Å². The van der Waals surface area contributed by atoms with Crippen molar-refractivity contribution in [1.29, 1.82) is 0 Å². The third-order valence-electron chi connectivity index (χ3n) is 6.26. The fourth-order valence-electron chi connectivity index (χ4n) is 5.09. The SMILES string of the molecule is O=C(CN1C(=O)C2C3C=CC(C4CC34)C2C1=O)Nc1ccc(Br)c(Cl)c1. The first-order chi connectivity index (χ1) is 12.5. The van der Waals surface area contributed by atoms with Gasteiger partial charge in [-0.15, -0.1) is 0 Å². The van der Waals surface area contributed by atoms with E-state index in [0.717, 1.165) is 15.8 Å². The van der Waals surface area contributed by atoms with Crippen LogP contribution in [0.15, 0.2) is 34.8 Å². The van der Waals surface area contributed by atoms with Crippen LogP contribution in [0.25, 0.3) is 0 Å². The maximum atomic E-state index is 12.9. The van der Waals surface area contributed by atoms with E-state index < -0.39 is 5.91 Å². The van der Waals surface area contributed by atoms with Gasteiger partial charge in [-0.05, 0) is 64.2 Å². The molecule has 1 aromatic rings. The minimum atomic E-state index is -0.394. The molecule has 2 bridgehead atoms. The van der Waals surface area contributed by atoms with Crippen LogP contribution in [0.4, 0.5) is 5.69 Å². The number of allylic oxidation sites excluding steroid dienone is 2. The van der Waals surface area contributed by atoms with Crippen molar-refractivity contribution in [2.45, 2.75) is 6.42 Å². The van der Waals surface area contributed by atoms with E-state index >= 15 is 0 Å². The molecule has 1 aromatic carbocycles. The number of rotatable bonds is 3. The van der Waals surface area contributed by atoms with Gasteiger partial charge in [0.1, 0.15) is 6.54 Å². The van der Waals surface area contributed by atoms with Gasteiger partial charge >= 0.3 is 0 Å². The van der Waals surface area contributed by atoms with E-state index in [0.29, 0.717) is 22.5 Å². The number of likely N-dealkylation sites (tertiary alicyclic amines) is 1. The number of hydrogen-bond acceptors (Lipinski definition) is 3. The zero-order chi connectivity index (χ0) is 18.2. The molecule has 1 N–H and O–H groups in total. The second-order valence-corrected chi connectivity index (χ2v) is 8.86. The molecular weight excluding hydrogens is 420 g/mol. The van der Waals surface area contributed by atoms with Crippen LogP contribution in [-0.4, -0.2) is 29.2 Å². The molecular formula is C19H16BrClN2O3. The predicted molar refractivity (Wildman–Crippen MR) is 99.2 cm³/mol. The number of nitrogens with zero attached hydrogens (tertiary/aromatic N) is 1. The zero-order valence-corrected chi connectivity index (χ0v) is 16.0. The molecule has 5 nitrogen and oxygen atoms in total. The van der Waals surface area contributed by atoms with Crippen LogP contribution in [0, 0.1) is 35.5 Å². The number of anilines is 1. The molecule has 3 amide bonds. The van der Waals surface area contributed by atoms with E-state index in [-0.39, 0.29) is 42.0 Å². The summed E-state index contributed by atoms with van der Waals surface area (Å²) in [5.41, 5.74) is 0.530. The minimum absolute atomic E-state index is 0.171. The first kappa shape index (κ1) is 16.5. The molecule has 1 saturated heterocycles. The van der Waals surface area contributed by atoms with Gasteiger partial charge in [0.2, 0.25) is 17.7 Å². The zero-order valence-electron chi connectivity index (χ0n) is 13.7. The van der Waals surface area contributed by atoms with Crippen LogP contribution in [0.1, 0.15) is 6.42 Å². The number of carbonyl (C=O) groups excluding carboxylic acids is 3. The van der Waals surface area contributed by atoms with Crippen LogP contribution in [-0.2, 0) is 14.4 Å². The molecule has 5 aliphatic rings. The van der Waals surface area contributed by atoms with Gasteiger partial charge in [-0.25, -0.2) is 0 Å².